The van der Waals surface area contributed by atoms with E-state index in [2.05, 4.69) is 5.32 Å². The first-order chi connectivity index (χ1) is 9.70. The number of nitrogens with one attached hydrogen (secondary N) is 1. The molecule has 0 aliphatic carbocycles. The Morgan fingerprint density at radius 2 is 2.05 bits per heavy atom. The van der Waals surface area contributed by atoms with Gasteiger partial charge in [-0.3, -0.25) is 0 Å². The highest BCUT2D eigenvalue weighted by atomic mass is 35.5. The molecule has 2 aromatic rings. The minimum absolute atomic E-state index is 0.0439. The number of benzene rings is 2. The second kappa shape index (κ2) is 6.83. The van der Waals surface area contributed by atoms with Crippen LogP contribution in [0, 0.1) is 18.3 Å². The lowest BCUT2D eigenvalue weighted by Crippen LogP contribution is -2.04. The molecule has 1 N–H and O–H groups in total. The van der Waals surface area contributed by atoms with Crippen LogP contribution in [0.5, 0.6) is 5.75 Å². The molecule has 0 bridgehead atoms. The van der Waals surface area contributed by atoms with Crippen LogP contribution in [0.25, 0.3) is 0 Å². The van der Waals surface area contributed by atoms with Gasteiger partial charge in [0.05, 0.1) is 10.7 Å². The van der Waals surface area contributed by atoms with Gasteiger partial charge in [-0.15, -0.1) is 0 Å². The van der Waals surface area contributed by atoms with E-state index in [-0.39, 0.29) is 6.61 Å². The molecule has 0 aromatic heterocycles. The normalized spacial score (nSPS) is 9.85. The van der Waals surface area contributed by atoms with Crippen LogP contribution in [-0.4, -0.2) is 6.61 Å². The molecule has 0 aliphatic rings. The molecule has 0 atom stereocenters. The number of hydrogen-bond donors (Lipinski definition) is 1. The summed E-state index contributed by atoms with van der Waals surface area (Å²) in [6.07, 6.45) is 0. The SMILES string of the molecule is Cc1ccc(Cl)c(NCc2ccccc2OCC#N)c1. The summed E-state index contributed by atoms with van der Waals surface area (Å²) in [4.78, 5) is 0. The lowest BCUT2D eigenvalue weighted by Gasteiger charge is -2.12. The molecule has 0 spiro atoms. The zero-order valence-electron chi connectivity index (χ0n) is 11.2. The van der Waals surface area contributed by atoms with Gasteiger partial charge < -0.3 is 10.1 Å². The number of hydrogen-bond acceptors (Lipinski definition) is 3. The summed E-state index contributed by atoms with van der Waals surface area (Å²) in [5.74, 6) is 0.713. The standard InChI is InChI=1S/C16H15ClN2O/c1-12-6-7-14(17)15(10-12)19-11-13-4-2-3-5-16(13)20-9-8-18/h2-7,10,19H,9,11H2,1H3. The Kier molecular flexibility index (Phi) is 4.86. The first-order valence-corrected chi connectivity index (χ1v) is 6.66. The van der Waals surface area contributed by atoms with E-state index in [0.717, 1.165) is 16.8 Å². The second-order valence-electron chi connectivity index (χ2n) is 4.39. The summed E-state index contributed by atoms with van der Waals surface area (Å²) in [6, 6.07) is 15.5. The van der Waals surface area contributed by atoms with Crippen LogP contribution in [0.2, 0.25) is 5.02 Å². The highest BCUT2D eigenvalue weighted by molar-refractivity contribution is 6.33. The third-order valence-corrected chi connectivity index (χ3v) is 3.19. The highest BCUT2D eigenvalue weighted by Gasteiger charge is 2.05. The van der Waals surface area contributed by atoms with Crippen LogP contribution in [0.15, 0.2) is 42.5 Å². The van der Waals surface area contributed by atoms with Crippen molar-refractivity contribution in [1.82, 2.24) is 0 Å². The number of anilines is 1. The molecular formula is C16H15ClN2O. The van der Waals surface area contributed by atoms with Crippen molar-refractivity contribution < 1.29 is 4.74 Å². The lowest BCUT2D eigenvalue weighted by atomic mass is 10.2. The summed E-state index contributed by atoms with van der Waals surface area (Å²) in [7, 11) is 0. The van der Waals surface area contributed by atoms with E-state index in [0.29, 0.717) is 17.3 Å². The monoisotopic (exact) mass is 286 g/mol. The smallest absolute Gasteiger partial charge is 0.174 e. The van der Waals surface area contributed by atoms with Crippen molar-refractivity contribution in [2.24, 2.45) is 0 Å². The summed E-state index contributed by atoms with van der Waals surface area (Å²) in [5, 5.41) is 12.6. The molecule has 3 nitrogen and oxygen atoms in total. The number of para-hydroxylation sites is 1. The summed E-state index contributed by atoms with van der Waals surface area (Å²) < 4.78 is 5.39. The average molecular weight is 287 g/mol. The molecule has 2 rings (SSSR count). The van der Waals surface area contributed by atoms with Gasteiger partial charge in [-0.25, -0.2) is 0 Å². The van der Waals surface area contributed by atoms with Crippen LogP contribution < -0.4 is 10.1 Å². The van der Waals surface area contributed by atoms with Gasteiger partial charge in [0.25, 0.3) is 0 Å². The van der Waals surface area contributed by atoms with Gasteiger partial charge in [-0.05, 0) is 30.7 Å². The van der Waals surface area contributed by atoms with Crippen molar-refractivity contribution in [2.75, 3.05) is 11.9 Å². The van der Waals surface area contributed by atoms with Crippen LogP contribution in [0.1, 0.15) is 11.1 Å². The Bertz CT molecular complexity index is 635. The fourth-order valence-electron chi connectivity index (χ4n) is 1.87. The lowest BCUT2D eigenvalue weighted by molar-refractivity contribution is 0.364. The number of nitrogens with zero attached hydrogens (tertiary/aromatic N) is 1. The fraction of sp³-hybridized carbons (Fsp3) is 0.188. The van der Waals surface area contributed by atoms with Gasteiger partial charge in [0, 0.05) is 12.1 Å². The molecule has 0 unspecified atom stereocenters. The summed E-state index contributed by atoms with van der Waals surface area (Å²) in [6.45, 7) is 2.65. The molecule has 0 aliphatic heterocycles. The highest BCUT2D eigenvalue weighted by Crippen LogP contribution is 2.25. The zero-order valence-corrected chi connectivity index (χ0v) is 11.9. The minimum Gasteiger partial charge on any atom is -0.478 e. The zero-order chi connectivity index (χ0) is 14.4. The molecule has 0 radical (unpaired) electrons. The first kappa shape index (κ1) is 14.2. The van der Waals surface area contributed by atoms with E-state index in [1.165, 1.54) is 0 Å². The minimum atomic E-state index is 0.0439. The van der Waals surface area contributed by atoms with Gasteiger partial charge in [-0.2, -0.15) is 5.26 Å². The predicted molar refractivity (Wildman–Crippen MR) is 81.1 cm³/mol. The maximum atomic E-state index is 8.59. The van der Waals surface area contributed by atoms with E-state index in [1.807, 2.05) is 55.5 Å². The first-order valence-electron chi connectivity index (χ1n) is 6.28. The Morgan fingerprint density at radius 3 is 2.85 bits per heavy atom. The molecule has 0 heterocycles. The van der Waals surface area contributed by atoms with E-state index in [1.54, 1.807) is 0 Å². The molecule has 102 valence electrons. The van der Waals surface area contributed by atoms with Crippen molar-refractivity contribution in [2.45, 2.75) is 13.5 Å². The van der Waals surface area contributed by atoms with Gasteiger partial charge in [-0.1, -0.05) is 35.9 Å². The summed E-state index contributed by atoms with van der Waals surface area (Å²) >= 11 is 6.15. The van der Waals surface area contributed by atoms with Crippen molar-refractivity contribution in [3.05, 3.63) is 58.6 Å². The molecule has 0 saturated heterocycles. The third kappa shape index (κ3) is 3.66. The van der Waals surface area contributed by atoms with Crippen LogP contribution >= 0.6 is 11.6 Å². The largest absolute Gasteiger partial charge is 0.478 e. The van der Waals surface area contributed by atoms with E-state index < -0.39 is 0 Å². The Labute approximate surface area is 123 Å². The molecule has 4 heteroatoms. The molecule has 0 amide bonds. The number of ether oxygens (including phenoxy) is 1. The number of aryl methyl sites for hydroxylation is 1. The fourth-order valence-corrected chi connectivity index (χ4v) is 2.05. The van der Waals surface area contributed by atoms with Crippen LogP contribution in [0.4, 0.5) is 5.69 Å². The van der Waals surface area contributed by atoms with E-state index >= 15 is 0 Å². The predicted octanol–water partition coefficient (Wildman–Crippen LogP) is 4.16. The molecule has 20 heavy (non-hydrogen) atoms. The van der Waals surface area contributed by atoms with Crippen LogP contribution in [-0.2, 0) is 6.54 Å². The van der Waals surface area contributed by atoms with Gasteiger partial charge in [0.1, 0.15) is 11.8 Å². The maximum absolute atomic E-state index is 8.59. The van der Waals surface area contributed by atoms with Gasteiger partial charge >= 0.3 is 0 Å². The quantitative estimate of drug-likeness (QED) is 0.897. The van der Waals surface area contributed by atoms with Crippen molar-refractivity contribution in [1.29, 1.82) is 5.26 Å². The third-order valence-electron chi connectivity index (χ3n) is 2.86. The van der Waals surface area contributed by atoms with Crippen molar-refractivity contribution in [3.63, 3.8) is 0 Å². The average Bonchev–Trinajstić information content (AvgIpc) is 2.47. The van der Waals surface area contributed by atoms with Crippen LogP contribution in [0.3, 0.4) is 0 Å². The maximum Gasteiger partial charge on any atom is 0.174 e. The Morgan fingerprint density at radius 1 is 1.25 bits per heavy atom. The molecule has 0 saturated carbocycles. The van der Waals surface area contributed by atoms with E-state index in [4.69, 9.17) is 21.6 Å². The number of halogens is 1. The van der Waals surface area contributed by atoms with E-state index in [9.17, 15) is 0 Å². The molecule has 2 aromatic carbocycles. The second-order valence-corrected chi connectivity index (χ2v) is 4.80. The van der Waals surface area contributed by atoms with Gasteiger partial charge in [0.2, 0.25) is 0 Å². The Balaban J connectivity index is 2.11. The molecular weight excluding hydrogens is 272 g/mol. The number of nitriles is 1. The summed E-state index contributed by atoms with van der Waals surface area (Å²) in [5.41, 5.74) is 3.02. The van der Waals surface area contributed by atoms with Crippen molar-refractivity contribution >= 4 is 17.3 Å². The Hall–Kier alpha value is -2.18. The van der Waals surface area contributed by atoms with Crippen molar-refractivity contribution in [3.8, 4) is 11.8 Å². The molecule has 0 fully saturated rings. The topological polar surface area (TPSA) is 45.0 Å². The number of rotatable bonds is 5. The van der Waals surface area contributed by atoms with Gasteiger partial charge in [0.15, 0.2) is 6.61 Å².